The number of hydrogen-bond donors (Lipinski definition) is 1. The first-order chi connectivity index (χ1) is 13.0. The molecule has 0 aromatic heterocycles. The Bertz CT molecular complexity index is 658. The summed E-state index contributed by atoms with van der Waals surface area (Å²) >= 11 is 0. The fourth-order valence-corrected chi connectivity index (χ4v) is 3.88. The van der Waals surface area contributed by atoms with Crippen LogP contribution in [0.5, 0.6) is 11.5 Å². The molecule has 6 nitrogen and oxygen atoms in total. The smallest absolute Gasteiger partial charge is 0.303 e. The van der Waals surface area contributed by atoms with Gasteiger partial charge in [0.2, 0.25) is 5.91 Å². The van der Waals surface area contributed by atoms with Gasteiger partial charge < -0.3 is 19.5 Å². The molecule has 1 aliphatic carbocycles. The van der Waals surface area contributed by atoms with Crippen LogP contribution in [0.1, 0.15) is 56.6 Å². The molecule has 0 saturated carbocycles. The third kappa shape index (κ3) is 5.37. The SMILES string of the molecule is CCCN(C(=O)CCCCC(=O)O)[C@H]1CCc2c(ccc(OC)c2OC)C1. The molecule has 0 radical (unpaired) electrons. The summed E-state index contributed by atoms with van der Waals surface area (Å²) in [4.78, 5) is 25.4. The van der Waals surface area contributed by atoms with Crippen molar-refractivity contribution in [2.75, 3.05) is 20.8 Å². The first-order valence-corrected chi connectivity index (χ1v) is 9.75. The Kier molecular flexibility index (Phi) is 7.95. The highest BCUT2D eigenvalue weighted by molar-refractivity contribution is 5.76. The van der Waals surface area contributed by atoms with Crippen molar-refractivity contribution < 1.29 is 24.2 Å². The van der Waals surface area contributed by atoms with Gasteiger partial charge in [-0.2, -0.15) is 0 Å². The Hall–Kier alpha value is -2.24. The number of fused-ring (bicyclic) bond motifs is 1. The number of nitrogens with zero attached hydrogens (tertiary/aromatic N) is 1. The number of methoxy groups -OCH3 is 2. The zero-order valence-corrected chi connectivity index (χ0v) is 16.6. The molecule has 27 heavy (non-hydrogen) atoms. The molecule has 1 aromatic carbocycles. The van der Waals surface area contributed by atoms with Crippen molar-refractivity contribution >= 4 is 11.9 Å². The van der Waals surface area contributed by atoms with Crippen molar-refractivity contribution in [1.29, 1.82) is 0 Å². The number of carbonyl (C=O) groups is 2. The summed E-state index contributed by atoms with van der Waals surface area (Å²) < 4.78 is 11.0. The molecule has 0 heterocycles. The van der Waals surface area contributed by atoms with E-state index in [1.807, 2.05) is 11.0 Å². The van der Waals surface area contributed by atoms with Crippen molar-refractivity contribution in [3.63, 3.8) is 0 Å². The first kappa shape index (κ1) is 21.1. The molecule has 1 aromatic rings. The summed E-state index contributed by atoms with van der Waals surface area (Å²) in [5, 5.41) is 8.73. The molecule has 0 aliphatic heterocycles. The lowest BCUT2D eigenvalue weighted by Crippen LogP contribution is -2.43. The van der Waals surface area contributed by atoms with Crippen LogP contribution in [0, 0.1) is 0 Å². The number of carbonyl (C=O) groups excluding carboxylic acids is 1. The van der Waals surface area contributed by atoms with E-state index in [-0.39, 0.29) is 18.4 Å². The quantitative estimate of drug-likeness (QED) is 0.632. The van der Waals surface area contributed by atoms with E-state index in [0.29, 0.717) is 19.3 Å². The Morgan fingerprint density at radius 3 is 2.56 bits per heavy atom. The van der Waals surface area contributed by atoms with Gasteiger partial charge in [0.25, 0.3) is 0 Å². The summed E-state index contributed by atoms with van der Waals surface area (Å²) in [5.41, 5.74) is 2.39. The van der Waals surface area contributed by atoms with Crippen molar-refractivity contribution in [3.05, 3.63) is 23.3 Å². The number of aliphatic carboxylic acids is 1. The number of rotatable bonds is 10. The number of carboxylic acid groups (broad SMARTS) is 1. The minimum Gasteiger partial charge on any atom is -0.493 e. The van der Waals surface area contributed by atoms with Crippen LogP contribution in [0.3, 0.4) is 0 Å². The van der Waals surface area contributed by atoms with Crippen LogP contribution in [-0.4, -0.2) is 48.7 Å². The fourth-order valence-electron chi connectivity index (χ4n) is 3.88. The van der Waals surface area contributed by atoms with Gasteiger partial charge in [0.1, 0.15) is 0 Å². The van der Waals surface area contributed by atoms with Gasteiger partial charge in [0.15, 0.2) is 11.5 Å². The van der Waals surface area contributed by atoms with E-state index in [0.717, 1.165) is 43.7 Å². The van der Waals surface area contributed by atoms with E-state index < -0.39 is 5.97 Å². The zero-order chi connectivity index (χ0) is 19.8. The summed E-state index contributed by atoms with van der Waals surface area (Å²) in [7, 11) is 3.30. The van der Waals surface area contributed by atoms with Crippen LogP contribution in [0.2, 0.25) is 0 Å². The second-order valence-corrected chi connectivity index (χ2v) is 7.02. The molecule has 0 unspecified atom stereocenters. The van der Waals surface area contributed by atoms with Gasteiger partial charge in [-0.25, -0.2) is 0 Å². The summed E-state index contributed by atoms with van der Waals surface area (Å²) in [5.74, 6) is 0.877. The van der Waals surface area contributed by atoms with E-state index in [1.54, 1.807) is 14.2 Å². The third-order valence-corrected chi connectivity index (χ3v) is 5.19. The monoisotopic (exact) mass is 377 g/mol. The summed E-state index contributed by atoms with van der Waals surface area (Å²) in [6.45, 7) is 2.82. The number of carboxylic acids is 1. The van der Waals surface area contributed by atoms with Crippen molar-refractivity contribution in [3.8, 4) is 11.5 Å². The van der Waals surface area contributed by atoms with Crippen molar-refractivity contribution in [2.45, 2.75) is 64.3 Å². The number of benzene rings is 1. The van der Waals surface area contributed by atoms with Crippen molar-refractivity contribution in [1.82, 2.24) is 4.90 Å². The predicted octanol–water partition coefficient (Wildman–Crippen LogP) is 3.44. The minimum atomic E-state index is -0.805. The van der Waals surface area contributed by atoms with E-state index in [9.17, 15) is 9.59 Å². The van der Waals surface area contributed by atoms with Gasteiger partial charge in [-0.15, -0.1) is 0 Å². The maximum atomic E-state index is 12.7. The van der Waals surface area contributed by atoms with E-state index in [4.69, 9.17) is 14.6 Å². The minimum absolute atomic E-state index is 0.124. The lowest BCUT2D eigenvalue weighted by Gasteiger charge is -2.36. The van der Waals surface area contributed by atoms with Crippen LogP contribution in [0.25, 0.3) is 0 Å². The van der Waals surface area contributed by atoms with Gasteiger partial charge in [-0.3, -0.25) is 9.59 Å². The molecule has 6 heteroatoms. The Labute approximate surface area is 161 Å². The molecular formula is C21H31NO5. The molecule has 1 atom stereocenters. The Morgan fingerprint density at radius 2 is 1.93 bits per heavy atom. The van der Waals surface area contributed by atoms with Gasteiger partial charge in [0.05, 0.1) is 14.2 Å². The van der Waals surface area contributed by atoms with E-state index in [1.165, 1.54) is 11.1 Å². The standard InChI is InChI=1S/C21H31NO5/c1-4-13-22(19(23)7-5-6-8-20(24)25)16-10-11-17-15(14-16)9-12-18(26-2)21(17)27-3/h9,12,16H,4-8,10-11,13-14H2,1-3H3,(H,24,25)/t16-/m0/s1. The molecule has 2 rings (SSSR count). The molecule has 0 saturated heterocycles. The largest absolute Gasteiger partial charge is 0.493 e. The van der Waals surface area contributed by atoms with Gasteiger partial charge in [-0.1, -0.05) is 13.0 Å². The molecule has 150 valence electrons. The van der Waals surface area contributed by atoms with E-state index >= 15 is 0 Å². The highest BCUT2D eigenvalue weighted by atomic mass is 16.5. The lowest BCUT2D eigenvalue weighted by atomic mass is 9.86. The third-order valence-electron chi connectivity index (χ3n) is 5.19. The van der Waals surface area contributed by atoms with Crippen LogP contribution < -0.4 is 9.47 Å². The van der Waals surface area contributed by atoms with Crippen LogP contribution in [0.15, 0.2) is 12.1 Å². The van der Waals surface area contributed by atoms with Gasteiger partial charge >= 0.3 is 5.97 Å². The second-order valence-electron chi connectivity index (χ2n) is 7.02. The normalized spacial score (nSPS) is 15.7. The number of unbranched alkanes of at least 4 members (excludes halogenated alkanes) is 1. The lowest BCUT2D eigenvalue weighted by molar-refractivity contribution is -0.138. The molecule has 1 amide bonds. The maximum Gasteiger partial charge on any atom is 0.303 e. The molecule has 1 aliphatic rings. The molecule has 0 fully saturated rings. The Morgan fingerprint density at radius 1 is 1.19 bits per heavy atom. The predicted molar refractivity (Wildman–Crippen MR) is 103 cm³/mol. The highest BCUT2D eigenvalue weighted by Gasteiger charge is 2.29. The maximum absolute atomic E-state index is 12.7. The topological polar surface area (TPSA) is 76.1 Å². The fraction of sp³-hybridized carbons (Fsp3) is 0.619. The molecule has 1 N–H and O–H groups in total. The number of amides is 1. The summed E-state index contributed by atoms with van der Waals surface area (Å²) in [6, 6.07) is 4.19. The van der Waals surface area contributed by atoms with Gasteiger partial charge in [-0.05, 0) is 50.2 Å². The van der Waals surface area contributed by atoms with E-state index in [2.05, 4.69) is 13.0 Å². The van der Waals surface area contributed by atoms with Crippen molar-refractivity contribution in [2.24, 2.45) is 0 Å². The number of ether oxygens (including phenoxy) is 2. The second kappa shape index (κ2) is 10.2. The number of hydrogen-bond acceptors (Lipinski definition) is 4. The molecular weight excluding hydrogens is 346 g/mol. The summed E-state index contributed by atoms with van der Waals surface area (Å²) in [6.07, 6.45) is 5.20. The zero-order valence-electron chi connectivity index (χ0n) is 16.6. The molecule has 0 spiro atoms. The van der Waals surface area contributed by atoms with Crippen LogP contribution >= 0.6 is 0 Å². The highest BCUT2D eigenvalue weighted by Crippen LogP contribution is 2.38. The average Bonchev–Trinajstić information content (AvgIpc) is 2.67. The van der Waals surface area contributed by atoms with Gasteiger partial charge in [0, 0.05) is 31.0 Å². The average molecular weight is 377 g/mol. The van der Waals surface area contributed by atoms with Crippen LogP contribution in [0.4, 0.5) is 0 Å². The van der Waals surface area contributed by atoms with Crippen LogP contribution in [-0.2, 0) is 22.4 Å². The Balaban J connectivity index is 2.07. The molecule has 0 bridgehead atoms. The first-order valence-electron chi connectivity index (χ1n) is 9.75.